The highest BCUT2D eigenvalue weighted by molar-refractivity contribution is 5.38. The minimum absolute atomic E-state index is 0.446. The molecule has 1 N–H and O–H groups in total. The van der Waals surface area contributed by atoms with Crippen molar-refractivity contribution < 1.29 is 4.74 Å². The number of fused-ring (bicyclic) bond motifs is 1. The molecule has 3 rings (SSSR count). The highest BCUT2D eigenvalue weighted by Gasteiger charge is 2.45. The fraction of sp³-hybridized carbons (Fsp3) is 0.647. The number of hydrogen-bond donors (Lipinski definition) is 1. The molecular formula is C17H25NO. The fourth-order valence-electron chi connectivity index (χ4n) is 3.24. The maximum Gasteiger partial charge on any atom is 0.124 e. The lowest BCUT2D eigenvalue weighted by molar-refractivity contribution is 0.179. The second kappa shape index (κ2) is 4.82. The number of rotatable bonds is 4. The molecule has 1 aliphatic carbocycles. The molecule has 2 nitrogen and oxygen atoms in total. The molecule has 0 bridgehead atoms. The topological polar surface area (TPSA) is 21.3 Å². The Morgan fingerprint density at radius 1 is 1.32 bits per heavy atom. The molecular weight excluding hydrogens is 234 g/mol. The molecule has 0 spiro atoms. The lowest BCUT2D eigenvalue weighted by Gasteiger charge is -2.34. The quantitative estimate of drug-likeness (QED) is 0.888. The monoisotopic (exact) mass is 259 g/mol. The van der Waals surface area contributed by atoms with Gasteiger partial charge in [0.1, 0.15) is 5.75 Å². The number of ether oxygens (including phenoxy) is 1. The van der Waals surface area contributed by atoms with Crippen LogP contribution in [0, 0.1) is 17.3 Å². The highest BCUT2D eigenvalue weighted by Crippen LogP contribution is 2.51. The summed E-state index contributed by atoms with van der Waals surface area (Å²) in [6.07, 6.45) is 2.77. The van der Waals surface area contributed by atoms with Crippen LogP contribution in [0.3, 0.4) is 0 Å². The molecule has 0 amide bonds. The predicted octanol–water partition coefficient (Wildman–Crippen LogP) is 3.78. The van der Waals surface area contributed by atoms with E-state index in [1.807, 2.05) is 0 Å². The first-order valence-electron chi connectivity index (χ1n) is 7.57. The smallest absolute Gasteiger partial charge is 0.124 e. The van der Waals surface area contributed by atoms with Gasteiger partial charge < -0.3 is 10.1 Å². The van der Waals surface area contributed by atoms with Crippen LogP contribution < -0.4 is 10.1 Å². The van der Waals surface area contributed by atoms with Crippen molar-refractivity contribution in [1.29, 1.82) is 0 Å². The second-order valence-corrected chi connectivity index (χ2v) is 6.70. The van der Waals surface area contributed by atoms with Crippen LogP contribution in [0.15, 0.2) is 24.3 Å². The van der Waals surface area contributed by atoms with Gasteiger partial charge in [-0.1, -0.05) is 39.0 Å². The number of hydrogen-bond acceptors (Lipinski definition) is 2. The zero-order valence-electron chi connectivity index (χ0n) is 12.3. The Morgan fingerprint density at radius 3 is 2.74 bits per heavy atom. The summed E-state index contributed by atoms with van der Waals surface area (Å²) in [5.74, 6) is 2.38. The molecule has 1 saturated carbocycles. The van der Waals surface area contributed by atoms with E-state index >= 15 is 0 Å². The van der Waals surface area contributed by atoms with Crippen LogP contribution in [0.5, 0.6) is 5.75 Å². The Kier molecular flexibility index (Phi) is 3.30. The van der Waals surface area contributed by atoms with Gasteiger partial charge in [-0.05, 0) is 30.2 Å². The summed E-state index contributed by atoms with van der Waals surface area (Å²) in [6, 6.07) is 8.91. The molecule has 2 unspecified atom stereocenters. The largest absolute Gasteiger partial charge is 0.493 e. The first-order valence-corrected chi connectivity index (χ1v) is 7.57. The molecule has 1 aromatic carbocycles. The lowest BCUT2D eigenvalue weighted by Crippen LogP contribution is -2.38. The third-order valence-corrected chi connectivity index (χ3v) is 5.12. The van der Waals surface area contributed by atoms with Crippen molar-refractivity contribution in [3.8, 4) is 5.75 Å². The van der Waals surface area contributed by atoms with Crippen LogP contribution in [0.25, 0.3) is 0 Å². The van der Waals surface area contributed by atoms with Crippen molar-refractivity contribution in [3.05, 3.63) is 29.8 Å². The summed E-state index contributed by atoms with van der Waals surface area (Å²) in [5.41, 5.74) is 1.90. The van der Waals surface area contributed by atoms with Gasteiger partial charge in [0.15, 0.2) is 0 Å². The molecule has 0 saturated heterocycles. The van der Waals surface area contributed by atoms with Crippen molar-refractivity contribution in [3.63, 3.8) is 0 Å². The normalized spacial score (nSPS) is 27.8. The molecule has 0 radical (unpaired) electrons. The molecule has 1 heterocycles. The van der Waals surface area contributed by atoms with E-state index in [0.717, 1.165) is 24.8 Å². The van der Waals surface area contributed by atoms with E-state index in [1.165, 1.54) is 18.4 Å². The van der Waals surface area contributed by atoms with E-state index in [1.54, 1.807) is 0 Å². The van der Waals surface area contributed by atoms with Gasteiger partial charge in [0.25, 0.3) is 0 Å². The summed E-state index contributed by atoms with van der Waals surface area (Å²) >= 11 is 0. The zero-order chi connectivity index (χ0) is 13.5. The maximum atomic E-state index is 5.82. The summed E-state index contributed by atoms with van der Waals surface area (Å²) in [4.78, 5) is 0. The first kappa shape index (κ1) is 13.0. The Bertz CT molecular complexity index is 450. The van der Waals surface area contributed by atoms with E-state index in [2.05, 4.69) is 50.4 Å². The van der Waals surface area contributed by atoms with Crippen molar-refractivity contribution in [2.45, 2.75) is 39.7 Å². The minimum atomic E-state index is 0.446. The van der Waals surface area contributed by atoms with Crippen molar-refractivity contribution in [1.82, 2.24) is 5.32 Å². The van der Waals surface area contributed by atoms with Gasteiger partial charge in [-0.3, -0.25) is 0 Å². The van der Waals surface area contributed by atoms with Crippen molar-refractivity contribution in [2.75, 3.05) is 13.2 Å². The molecule has 1 aromatic rings. The Labute approximate surface area is 116 Å². The number of nitrogens with one attached hydrogen (secondary N) is 1. The van der Waals surface area contributed by atoms with Crippen LogP contribution in [-0.2, 0) is 0 Å². The predicted molar refractivity (Wildman–Crippen MR) is 78.3 cm³/mol. The van der Waals surface area contributed by atoms with Crippen LogP contribution in [0.2, 0.25) is 0 Å². The van der Waals surface area contributed by atoms with Crippen molar-refractivity contribution in [2.24, 2.45) is 17.3 Å². The number of para-hydroxylation sites is 1. The van der Waals surface area contributed by atoms with Gasteiger partial charge in [-0.15, -0.1) is 0 Å². The van der Waals surface area contributed by atoms with Gasteiger partial charge in [0.05, 0.1) is 6.61 Å². The second-order valence-electron chi connectivity index (χ2n) is 6.70. The van der Waals surface area contributed by atoms with Gasteiger partial charge >= 0.3 is 0 Å². The Balaban J connectivity index is 1.73. The fourth-order valence-corrected chi connectivity index (χ4v) is 3.24. The van der Waals surface area contributed by atoms with Crippen LogP contribution in [-0.4, -0.2) is 13.2 Å². The third kappa shape index (κ3) is 2.38. The minimum Gasteiger partial charge on any atom is -0.493 e. The lowest BCUT2D eigenvalue weighted by atomic mass is 9.88. The summed E-state index contributed by atoms with van der Waals surface area (Å²) in [5, 5.41) is 3.83. The van der Waals surface area contributed by atoms with E-state index in [-0.39, 0.29) is 0 Å². The van der Waals surface area contributed by atoms with Crippen molar-refractivity contribution >= 4 is 0 Å². The van der Waals surface area contributed by atoms with Gasteiger partial charge in [-0.2, -0.15) is 0 Å². The van der Waals surface area contributed by atoms with E-state index in [4.69, 9.17) is 4.74 Å². The zero-order valence-corrected chi connectivity index (χ0v) is 12.3. The maximum absolute atomic E-state index is 5.82. The molecule has 2 heteroatoms. The van der Waals surface area contributed by atoms with Crippen LogP contribution in [0.1, 0.15) is 45.2 Å². The SMILES string of the molecule is CC1COc2ccccc2C1NCC1(C(C)C)CC1. The molecule has 1 fully saturated rings. The van der Waals surface area contributed by atoms with Crippen LogP contribution in [0.4, 0.5) is 0 Å². The average molecular weight is 259 g/mol. The number of benzene rings is 1. The standard InChI is InChI=1S/C17H25NO/c1-12(2)17(8-9-17)11-18-16-13(3)10-19-15-7-5-4-6-14(15)16/h4-7,12-13,16,18H,8-11H2,1-3H3. The van der Waals surface area contributed by atoms with Gasteiger partial charge in [0.2, 0.25) is 0 Å². The summed E-state index contributed by atoms with van der Waals surface area (Å²) in [6.45, 7) is 8.96. The first-order chi connectivity index (χ1) is 9.12. The summed E-state index contributed by atoms with van der Waals surface area (Å²) in [7, 11) is 0. The average Bonchev–Trinajstić information content (AvgIpc) is 3.19. The Hall–Kier alpha value is -1.02. The van der Waals surface area contributed by atoms with E-state index < -0.39 is 0 Å². The Morgan fingerprint density at radius 2 is 2.05 bits per heavy atom. The molecule has 19 heavy (non-hydrogen) atoms. The third-order valence-electron chi connectivity index (χ3n) is 5.12. The highest BCUT2D eigenvalue weighted by atomic mass is 16.5. The molecule has 2 atom stereocenters. The van der Waals surface area contributed by atoms with Gasteiger partial charge in [0, 0.05) is 24.1 Å². The van der Waals surface area contributed by atoms with Gasteiger partial charge in [-0.25, -0.2) is 0 Å². The molecule has 104 valence electrons. The van der Waals surface area contributed by atoms with Crippen LogP contribution >= 0.6 is 0 Å². The molecule has 1 aliphatic heterocycles. The summed E-state index contributed by atoms with van der Waals surface area (Å²) < 4.78 is 5.82. The van der Waals surface area contributed by atoms with E-state index in [0.29, 0.717) is 17.4 Å². The molecule has 0 aromatic heterocycles. The van der Waals surface area contributed by atoms with E-state index in [9.17, 15) is 0 Å². The molecule has 2 aliphatic rings.